The van der Waals surface area contributed by atoms with Gasteiger partial charge in [-0.2, -0.15) is 0 Å². The molecule has 59 heavy (non-hydrogen) atoms. The molecule has 1 aromatic rings. The largest absolute Gasteiger partial charge is 0.481 e. The van der Waals surface area contributed by atoms with E-state index >= 15 is 0 Å². The average molecular weight is 833 g/mol. The van der Waals surface area contributed by atoms with Gasteiger partial charge in [0.15, 0.2) is 0 Å². The van der Waals surface area contributed by atoms with Crippen LogP contribution >= 0.6 is 0 Å². The number of carbonyl (C=O) groups is 9. The van der Waals surface area contributed by atoms with E-state index in [4.69, 9.17) is 5.11 Å². The number of aryl methyl sites for hydroxylation is 1. The van der Waals surface area contributed by atoms with E-state index in [-0.39, 0.29) is 18.8 Å². The molecule has 0 bridgehead atoms. The van der Waals surface area contributed by atoms with E-state index in [9.17, 15) is 63.4 Å². The van der Waals surface area contributed by atoms with Crippen molar-refractivity contribution in [1.29, 1.82) is 0 Å². The number of carboxylic acids is 3. The summed E-state index contributed by atoms with van der Waals surface area (Å²) < 4.78 is 0. The summed E-state index contributed by atoms with van der Waals surface area (Å²) in [6.45, 7) is 13.7. The molecule has 6 atom stereocenters. The normalized spacial score (nSPS) is 14.2. The van der Waals surface area contributed by atoms with Crippen LogP contribution in [0.2, 0.25) is 0 Å². The third-order valence-electron chi connectivity index (χ3n) is 8.83. The minimum Gasteiger partial charge on any atom is -0.481 e. The van der Waals surface area contributed by atoms with Gasteiger partial charge in [-0.1, -0.05) is 65.0 Å². The molecule has 0 radical (unpaired) electrons. The molecule has 1 rings (SSSR count). The molecule has 0 fully saturated rings. The summed E-state index contributed by atoms with van der Waals surface area (Å²) in [4.78, 5) is 115. The number of hydrogen-bond acceptors (Lipinski definition) is 11. The van der Waals surface area contributed by atoms with Crippen LogP contribution in [-0.2, 0) is 49.6 Å². The standard InChI is InChI=1S/C38H57BN6O14/c1-8-27(39(58)59)44-35(55)24(17-20(2)3)43-37(57)32(38(5,6)7)45-36(56)25(18-22-12-10-9-11-21(22)4)42-33(53)23(13-15-29(47)48)41-34(54)26(19-31(51)52)40-28(46)14-16-30(49)50/h8-12,20,23-27,32,58-59H,1,13-19H2,2-7H3,(H,40,46)(H,41,54)(H,42,53)(H,43,57)(H,44,55)(H,45,56)(H,47,48)(H,49,50)(H,51,52)/t23-,24-,25-,26-,27?,32+/m0/s1. The van der Waals surface area contributed by atoms with Gasteiger partial charge >= 0.3 is 25.0 Å². The van der Waals surface area contributed by atoms with E-state index in [0.717, 1.165) is 6.08 Å². The fourth-order valence-electron chi connectivity index (χ4n) is 5.62. The Morgan fingerprint density at radius 1 is 0.678 bits per heavy atom. The van der Waals surface area contributed by atoms with Crippen molar-refractivity contribution in [2.24, 2.45) is 11.3 Å². The molecule has 1 aromatic carbocycles. The van der Waals surface area contributed by atoms with E-state index in [2.05, 4.69) is 38.5 Å². The topological polar surface area (TPSA) is 327 Å². The Kier molecular flexibility index (Phi) is 21.0. The highest BCUT2D eigenvalue weighted by Crippen LogP contribution is 2.21. The first-order valence-electron chi connectivity index (χ1n) is 18.9. The Morgan fingerprint density at radius 2 is 1.20 bits per heavy atom. The second kappa shape index (κ2) is 24.2. The SMILES string of the molecule is C=CC(NC(=O)[C@H](CC(C)C)NC(=O)[C@@H](NC(=O)[C@H](Cc1ccccc1C)NC(=O)[C@H](CCC(=O)O)NC(=O)[C@H](CC(=O)O)NC(=O)CCC(=O)O)C(C)(C)C)B(O)O. The van der Waals surface area contributed by atoms with Gasteiger partial charge in [0, 0.05) is 19.3 Å². The van der Waals surface area contributed by atoms with Gasteiger partial charge in [-0.05, 0) is 42.2 Å². The van der Waals surface area contributed by atoms with E-state index in [1.165, 1.54) is 0 Å². The zero-order valence-electron chi connectivity index (χ0n) is 34.1. The van der Waals surface area contributed by atoms with Gasteiger partial charge in [-0.25, -0.2) is 0 Å². The lowest BCUT2D eigenvalue weighted by molar-refractivity contribution is -0.142. The summed E-state index contributed by atoms with van der Waals surface area (Å²) in [5.74, 6) is -11.3. The van der Waals surface area contributed by atoms with Crippen molar-refractivity contribution in [3.63, 3.8) is 0 Å². The van der Waals surface area contributed by atoms with E-state index in [0.29, 0.717) is 11.1 Å². The number of amides is 6. The fourth-order valence-corrected chi connectivity index (χ4v) is 5.62. The van der Waals surface area contributed by atoms with Crippen molar-refractivity contribution in [2.45, 2.75) is 123 Å². The first-order chi connectivity index (χ1) is 27.4. The van der Waals surface area contributed by atoms with Crippen molar-refractivity contribution in [1.82, 2.24) is 31.9 Å². The zero-order valence-corrected chi connectivity index (χ0v) is 34.1. The summed E-state index contributed by atoms with van der Waals surface area (Å²) in [7, 11) is -1.98. The lowest BCUT2D eigenvalue weighted by Crippen LogP contribution is -2.62. The quantitative estimate of drug-likeness (QED) is 0.0414. The predicted molar refractivity (Wildman–Crippen MR) is 212 cm³/mol. The molecule has 0 aliphatic carbocycles. The summed E-state index contributed by atoms with van der Waals surface area (Å²) >= 11 is 0. The predicted octanol–water partition coefficient (Wildman–Crippen LogP) is -1.06. The minimum atomic E-state index is -1.98. The monoisotopic (exact) mass is 832 g/mol. The maximum atomic E-state index is 14.2. The van der Waals surface area contributed by atoms with Crippen molar-refractivity contribution in [3.8, 4) is 0 Å². The Hall–Kier alpha value is -5.83. The third-order valence-corrected chi connectivity index (χ3v) is 8.83. The number of benzene rings is 1. The second-order valence-corrected chi connectivity index (χ2v) is 15.5. The first-order valence-corrected chi connectivity index (χ1v) is 18.9. The Balaban J connectivity index is 3.56. The van der Waals surface area contributed by atoms with Gasteiger partial charge in [-0.15, -0.1) is 6.58 Å². The minimum absolute atomic E-state index is 0.114. The first kappa shape index (κ1) is 51.2. The molecule has 0 aliphatic rings. The summed E-state index contributed by atoms with van der Waals surface area (Å²) in [5.41, 5.74) is 0.272. The molecule has 0 saturated carbocycles. The van der Waals surface area contributed by atoms with Crippen molar-refractivity contribution >= 4 is 60.5 Å². The highest BCUT2D eigenvalue weighted by Gasteiger charge is 2.38. The number of aliphatic carboxylic acids is 3. The van der Waals surface area contributed by atoms with Gasteiger partial charge < -0.3 is 57.3 Å². The lowest BCUT2D eigenvalue weighted by atomic mass is 9.79. The lowest BCUT2D eigenvalue weighted by Gasteiger charge is -2.34. The van der Waals surface area contributed by atoms with Gasteiger partial charge in [0.2, 0.25) is 35.4 Å². The van der Waals surface area contributed by atoms with Gasteiger partial charge in [-0.3, -0.25) is 43.2 Å². The smallest absolute Gasteiger partial charge is 0.479 e. The molecule has 20 nitrogen and oxygen atoms in total. The highest BCUT2D eigenvalue weighted by atomic mass is 16.4. The molecule has 1 unspecified atom stereocenters. The summed E-state index contributed by atoms with van der Waals surface area (Å²) in [6.07, 6.45) is -2.39. The summed E-state index contributed by atoms with van der Waals surface area (Å²) in [5, 5.41) is 61.4. The van der Waals surface area contributed by atoms with Crippen molar-refractivity contribution in [3.05, 3.63) is 48.0 Å². The number of carbonyl (C=O) groups excluding carboxylic acids is 6. The van der Waals surface area contributed by atoms with Crippen LogP contribution in [0.25, 0.3) is 0 Å². The average Bonchev–Trinajstić information content (AvgIpc) is 3.12. The highest BCUT2D eigenvalue weighted by molar-refractivity contribution is 6.44. The summed E-state index contributed by atoms with van der Waals surface area (Å²) in [6, 6.07) is -0.693. The number of carboxylic acid groups (broad SMARTS) is 3. The van der Waals surface area contributed by atoms with Crippen molar-refractivity contribution < 1.29 is 68.5 Å². The Morgan fingerprint density at radius 3 is 1.71 bits per heavy atom. The van der Waals surface area contributed by atoms with Crippen molar-refractivity contribution in [2.75, 3.05) is 0 Å². The second-order valence-electron chi connectivity index (χ2n) is 15.5. The molecular formula is C38H57BN6O14. The molecule has 6 amide bonds. The molecule has 21 heteroatoms. The van der Waals surface area contributed by atoms with Crippen LogP contribution < -0.4 is 31.9 Å². The maximum Gasteiger partial charge on any atom is 0.479 e. The molecule has 11 N–H and O–H groups in total. The van der Waals surface area contributed by atoms with E-state index in [1.807, 2.05) is 0 Å². The van der Waals surface area contributed by atoms with E-state index < -0.39 is 134 Å². The Bertz CT molecular complexity index is 1700. The van der Waals surface area contributed by atoms with Gasteiger partial charge in [0.05, 0.1) is 18.8 Å². The van der Waals surface area contributed by atoms with Crippen LogP contribution in [0.15, 0.2) is 36.9 Å². The van der Waals surface area contributed by atoms with Crippen LogP contribution in [0.3, 0.4) is 0 Å². The third kappa shape index (κ3) is 19.0. The zero-order chi connectivity index (χ0) is 45.2. The molecule has 326 valence electrons. The fraction of sp³-hybridized carbons (Fsp3) is 0.553. The number of nitrogens with one attached hydrogen (secondary N) is 6. The van der Waals surface area contributed by atoms with Crippen LogP contribution in [-0.4, -0.2) is 122 Å². The number of hydrogen-bond donors (Lipinski definition) is 11. The maximum absolute atomic E-state index is 14.2. The number of rotatable bonds is 25. The van der Waals surface area contributed by atoms with Crippen LogP contribution in [0.5, 0.6) is 0 Å². The van der Waals surface area contributed by atoms with Crippen LogP contribution in [0.4, 0.5) is 0 Å². The molecule has 0 aliphatic heterocycles. The molecule has 0 heterocycles. The molecule has 0 aromatic heterocycles. The molecule has 0 saturated heterocycles. The van der Waals surface area contributed by atoms with Crippen LogP contribution in [0, 0.1) is 18.3 Å². The Labute approximate surface area is 342 Å². The molecular weight excluding hydrogens is 775 g/mol. The van der Waals surface area contributed by atoms with Crippen LogP contribution in [0.1, 0.15) is 84.3 Å². The van der Waals surface area contributed by atoms with E-state index in [1.54, 1.807) is 65.8 Å². The molecule has 0 spiro atoms. The van der Waals surface area contributed by atoms with Gasteiger partial charge in [0.1, 0.15) is 30.2 Å². The van der Waals surface area contributed by atoms with Gasteiger partial charge in [0.25, 0.3) is 0 Å².